The molecule has 0 bridgehead atoms. The summed E-state index contributed by atoms with van der Waals surface area (Å²) in [7, 11) is 0. The van der Waals surface area contributed by atoms with Crippen LogP contribution in [-0.4, -0.2) is 34.7 Å². The maximum Gasteiger partial charge on any atom is 0.306 e. The van der Waals surface area contributed by atoms with Crippen LogP contribution >= 0.6 is 0 Å². The molecular weight excluding hydrogens is 228 g/mol. The highest BCUT2D eigenvalue weighted by atomic mass is 16.5. The van der Waals surface area contributed by atoms with Crippen molar-refractivity contribution in [2.75, 3.05) is 6.61 Å². The van der Waals surface area contributed by atoms with Crippen LogP contribution in [0.2, 0.25) is 0 Å². The van der Waals surface area contributed by atoms with Crippen molar-refractivity contribution < 1.29 is 29.3 Å². The molecule has 0 saturated carbocycles. The molecule has 0 saturated heterocycles. The molecule has 0 aliphatic rings. The molecule has 0 aromatic rings. The highest BCUT2D eigenvalue weighted by Gasteiger charge is 2.17. The van der Waals surface area contributed by atoms with Crippen molar-refractivity contribution in [1.29, 1.82) is 0 Å². The molecule has 0 spiro atoms. The minimum absolute atomic E-state index is 0.0658. The fraction of sp³-hybridized carbons (Fsp3) is 0.727. The lowest BCUT2D eigenvalue weighted by Gasteiger charge is -2.13. The average Bonchev–Trinajstić information content (AvgIpc) is 2.22. The molecule has 0 aliphatic heterocycles. The predicted octanol–water partition coefficient (Wildman–Crippen LogP) is 1.29. The Morgan fingerprint density at radius 3 is 1.88 bits per heavy atom. The van der Waals surface area contributed by atoms with Crippen molar-refractivity contribution >= 4 is 17.9 Å². The molecule has 0 unspecified atom stereocenters. The Kier molecular flexibility index (Phi) is 7.75. The number of aliphatic carboxylic acids is 2. The number of esters is 1. The van der Waals surface area contributed by atoms with Gasteiger partial charge in [-0.25, -0.2) is 0 Å². The summed E-state index contributed by atoms with van der Waals surface area (Å²) in [4.78, 5) is 32.1. The van der Waals surface area contributed by atoms with Gasteiger partial charge in [-0.3, -0.25) is 14.4 Å². The Balaban J connectivity index is 4.13. The molecule has 0 radical (unpaired) electrons. The minimum atomic E-state index is -0.950. The van der Waals surface area contributed by atoms with Gasteiger partial charge in [0.25, 0.3) is 0 Å². The number of hydrogen-bond acceptors (Lipinski definition) is 4. The summed E-state index contributed by atoms with van der Waals surface area (Å²) < 4.78 is 4.75. The summed E-state index contributed by atoms with van der Waals surface area (Å²) in [6.45, 7) is 1.95. The molecule has 0 aromatic carbocycles. The highest BCUT2D eigenvalue weighted by molar-refractivity contribution is 5.70. The summed E-state index contributed by atoms with van der Waals surface area (Å²) in [6, 6.07) is 0. The Bertz CT molecular complexity index is 255. The average molecular weight is 246 g/mol. The van der Waals surface area contributed by atoms with E-state index in [9.17, 15) is 14.4 Å². The number of rotatable bonds is 9. The minimum Gasteiger partial charge on any atom is -0.481 e. The van der Waals surface area contributed by atoms with E-state index in [2.05, 4.69) is 0 Å². The molecular formula is C11H18O6. The van der Waals surface area contributed by atoms with E-state index in [1.165, 1.54) is 0 Å². The van der Waals surface area contributed by atoms with Crippen LogP contribution in [0.4, 0.5) is 0 Å². The van der Waals surface area contributed by atoms with Crippen LogP contribution in [0.15, 0.2) is 0 Å². The molecule has 2 N–H and O–H groups in total. The standard InChI is InChI=1S/C11H18O6/c1-2-17-11(16)7-8(3-5-9(12)13)4-6-10(14)15/h8H,2-7H2,1H3,(H,12,13)(H,14,15). The van der Waals surface area contributed by atoms with Gasteiger partial charge >= 0.3 is 17.9 Å². The summed E-state index contributed by atoms with van der Waals surface area (Å²) in [5, 5.41) is 17.1. The Morgan fingerprint density at radius 1 is 1.06 bits per heavy atom. The van der Waals surface area contributed by atoms with Gasteiger partial charge in [-0.1, -0.05) is 0 Å². The fourth-order valence-corrected chi connectivity index (χ4v) is 1.46. The molecule has 0 aliphatic carbocycles. The van der Waals surface area contributed by atoms with Crippen LogP contribution in [0.1, 0.15) is 39.0 Å². The van der Waals surface area contributed by atoms with Gasteiger partial charge in [0, 0.05) is 19.3 Å². The first kappa shape index (κ1) is 15.4. The van der Waals surface area contributed by atoms with E-state index in [0.717, 1.165) is 0 Å². The van der Waals surface area contributed by atoms with Gasteiger partial charge in [0.1, 0.15) is 0 Å². The van der Waals surface area contributed by atoms with E-state index < -0.39 is 17.9 Å². The van der Waals surface area contributed by atoms with Crippen LogP contribution in [0.25, 0.3) is 0 Å². The number of carboxylic acids is 2. The van der Waals surface area contributed by atoms with E-state index in [1.54, 1.807) is 6.92 Å². The normalized spacial score (nSPS) is 10.2. The maximum absolute atomic E-state index is 11.2. The number of carboxylic acid groups (broad SMARTS) is 2. The zero-order chi connectivity index (χ0) is 13.3. The monoisotopic (exact) mass is 246 g/mol. The SMILES string of the molecule is CCOC(=O)CC(CCC(=O)O)CCC(=O)O. The Hall–Kier alpha value is -1.59. The highest BCUT2D eigenvalue weighted by Crippen LogP contribution is 2.18. The lowest BCUT2D eigenvalue weighted by Crippen LogP contribution is -2.14. The molecule has 6 heteroatoms. The van der Waals surface area contributed by atoms with Gasteiger partial charge in [-0.05, 0) is 25.7 Å². The second kappa shape index (κ2) is 8.55. The van der Waals surface area contributed by atoms with Gasteiger partial charge in [-0.2, -0.15) is 0 Å². The van der Waals surface area contributed by atoms with E-state index in [-0.39, 0.29) is 31.8 Å². The number of hydrogen-bond donors (Lipinski definition) is 2. The molecule has 0 heterocycles. The lowest BCUT2D eigenvalue weighted by molar-refractivity contribution is -0.145. The molecule has 98 valence electrons. The van der Waals surface area contributed by atoms with Crippen molar-refractivity contribution in [2.24, 2.45) is 5.92 Å². The van der Waals surface area contributed by atoms with Gasteiger partial charge in [0.2, 0.25) is 0 Å². The molecule has 0 atom stereocenters. The first-order chi connectivity index (χ1) is 7.95. The van der Waals surface area contributed by atoms with Crippen LogP contribution in [0.5, 0.6) is 0 Å². The third-order valence-corrected chi connectivity index (χ3v) is 2.29. The lowest BCUT2D eigenvalue weighted by atomic mass is 9.94. The van der Waals surface area contributed by atoms with Crippen molar-refractivity contribution in [3.05, 3.63) is 0 Å². The van der Waals surface area contributed by atoms with Crippen molar-refractivity contribution in [3.63, 3.8) is 0 Å². The van der Waals surface area contributed by atoms with Gasteiger partial charge in [0.15, 0.2) is 0 Å². The number of carbonyl (C=O) groups excluding carboxylic acids is 1. The Labute approximate surface area is 99.6 Å². The van der Waals surface area contributed by atoms with E-state index >= 15 is 0 Å². The van der Waals surface area contributed by atoms with Crippen LogP contribution < -0.4 is 0 Å². The van der Waals surface area contributed by atoms with Crippen LogP contribution in [0.3, 0.4) is 0 Å². The zero-order valence-electron chi connectivity index (χ0n) is 9.85. The molecule has 0 fully saturated rings. The summed E-state index contributed by atoms with van der Waals surface area (Å²) in [6.07, 6.45) is 0.532. The Morgan fingerprint density at radius 2 is 1.53 bits per heavy atom. The smallest absolute Gasteiger partial charge is 0.306 e. The van der Waals surface area contributed by atoms with Gasteiger partial charge in [0.05, 0.1) is 6.61 Å². The molecule has 0 amide bonds. The topological polar surface area (TPSA) is 101 Å². The number of carbonyl (C=O) groups is 3. The van der Waals surface area contributed by atoms with Crippen molar-refractivity contribution in [3.8, 4) is 0 Å². The molecule has 0 rings (SSSR count). The summed E-state index contributed by atoms with van der Waals surface area (Å²) in [5.41, 5.74) is 0. The van der Waals surface area contributed by atoms with Crippen LogP contribution in [-0.2, 0) is 19.1 Å². The van der Waals surface area contributed by atoms with Gasteiger partial charge in [-0.15, -0.1) is 0 Å². The van der Waals surface area contributed by atoms with E-state index in [4.69, 9.17) is 14.9 Å². The molecule has 6 nitrogen and oxygen atoms in total. The second-order valence-electron chi connectivity index (χ2n) is 3.74. The van der Waals surface area contributed by atoms with Crippen LogP contribution in [0, 0.1) is 5.92 Å². The predicted molar refractivity (Wildman–Crippen MR) is 58.5 cm³/mol. The molecule has 0 aromatic heterocycles. The summed E-state index contributed by atoms with van der Waals surface area (Å²) >= 11 is 0. The number of ether oxygens (including phenoxy) is 1. The van der Waals surface area contributed by atoms with E-state index in [1.807, 2.05) is 0 Å². The van der Waals surface area contributed by atoms with Crippen molar-refractivity contribution in [1.82, 2.24) is 0 Å². The maximum atomic E-state index is 11.2. The molecule has 17 heavy (non-hydrogen) atoms. The van der Waals surface area contributed by atoms with Gasteiger partial charge < -0.3 is 14.9 Å². The summed E-state index contributed by atoms with van der Waals surface area (Å²) in [5.74, 6) is -2.56. The first-order valence-corrected chi connectivity index (χ1v) is 5.54. The van der Waals surface area contributed by atoms with Crippen molar-refractivity contribution in [2.45, 2.75) is 39.0 Å². The third kappa shape index (κ3) is 9.35. The fourth-order valence-electron chi connectivity index (χ4n) is 1.46. The largest absolute Gasteiger partial charge is 0.481 e. The second-order valence-corrected chi connectivity index (χ2v) is 3.74. The van der Waals surface area contributed by atoms with E-state index in [0.29, 0.717) is 12.8 Å². The zero-order valence-corrected chi connectivity index (χ0v) is 9.85. The third-order valence-electron chi connectivity index (χ3n) is 2.29. The first-order valence-electron chi connectivity index (χ1n) is 5.54. The quantitative estimate of drug-likeness (QED) is 0.594.